The van der Waals surface area contributed by atoms with Crippen LogP contribution < -0.4 is 0 Å². The minimum atomic E-state index is -0.505. The second kappa shape index (κ2) is 8.09. The van der Waals surface area contributed by atoms with Gasteiger partial charge in [0.2, 0.25) is 0 Å². The lowest BCUT2D eigenvalue weighted by atomic mass is 9.82. The first-order valence-electron chi connectivity index (χ1n) is 8.51. The molecule has 0 N–H and O–H groups in total. The first-order valence-corrected chi connectivity index (χ1v) is 8.51. The molecule has 0 aliphatic heterocycles. The third kappa shape index (κ3) is 3.72. The molecule has 0 radical (unpaired) electrons. The summed E-state index contributed by atoms with van der Waals surface area (Å²) in [6, 6.07) is 9.53. The van der Waals surface area contributed by atoms with Crippen LogP contribution in [0, 0.1) is 5.92 Å². The Morgan fingerprint density at radius 3 is 2.39 bits per heavy atom. The van der Waals surface area contributed by atoms with Crippen LogP contribution in [0.1, 0.15) is 57.4 Å². The summed E-state index contributed by atoms with van der Waals surface area (Å²) in [4.78, 5) is 25.3. The van der Waals surface area contributed by atoms with Crippen LogP contribution in [-0.4, -0.2) is 18.9 Å². The molecule has 2 atom stereocenters. The molecule has 3 nitrogen and oxygen atoms in total. The minimum Gasteiger partial charge on any atom is -0.469 e. The van der Waals surface area contributed by atoms with Crippen molar-refractivity contribution in [2.24, 2.45) is 5.92 Å². The second-order valence-corrected chi connectivity index (χ2v) is 6.17. The van der Waals surface area contributed by atoms with E-state index in [1.165, 1.54) is 12.7 Å². The van der Waals surface area contributed by atoms with Gasteiger partial charge in [-0.25, -0.2) is 0 Å². The molecule has 124 valence electrons. The minimum absolute atomic E-state index is 0.148. The van der Waals surface area contributed by atoms with E-state index in [1.807, 2.05) is 30.3 Å². The average molecular weight is 314 g/mol. The molecule has 0 saturated heterocycles. The Hall–Kier alpha value is -1.90. The maximum Gasteiger partial charge on any atom is 0.313 e. The molecule has 1 aromatic carbocycles. The first-order chi connectivity index (χ1) is 11.1. The number of hydrogen-bond donors (Lipinski definition) is 0. The highest BCUT2D eigenvalue weighted by Crippen LogP contribution is 2.41. The Balaban J connectivity index is 2.35. The number of ketones is 1. The van der Waals surface area contributed by atoms with E-state index >= 15 is 0 Å². The van der Waals surface area contributed by atoms with Crippen LogP contribution in [0.15, 0.2) is 41.5 Å². The summed E-state index contributed by atoms with van der Waals surface area (Å²) in [7, 11) is 1.39. The highest BCUT2D eigenvalue weighted by molar-refractivity contribution is 6.03. The molecule has 2 rings (SSSR count). The van der Waals surface area contributed by atoms with Crippen molar-refractivity contribution >= 4 is 11.8 Å². The third-order valence-corrected chi connectivity index (χ3v) is 4.60. The van der Waals surface area contributed by atoms with Crippen molar-refractivity contribution < 1.29 is 14.3 Å². The van der Waals surface area contributed by atoms with E-state index in [1.54, 1.807) is 0 Å². The van der Waals surface area contributed by atoms with E-state index in [9.17, 15) is 9.59 Å². The summed E-state index contributed by atoms with van der Waals surface area (Å²) in [6.07, 6.45) is 4.43. The lowest BCUT2D eigenvalue weighted by molar-refractivity contribution is -0.145. The van der Waals surface area contributed by atoms with Gasteiger partial charge in [-0.2, -0.15) is 0 Å². The zero-order valence-corrected chi connectivity index (χ0v) is 14.3. The number of carbonyl (C=O) groups excluding carboxylic acids is 2. The van der Waals surface area contributed by atoms with Gasteiger partial charge in [0.25, 0.3) is 0 Å². The van der Waals surface area contributed by atoms with Crippen molar-refractivity contribution in [2.45, 2.75) is 51.9 Å². The van der Waals surface area contributed by atoms with E-state index < -0.39 is 5.92 Å². The number of methoxy groups -OCH3 is 1. The van der Waals surface area contributed by atoms with Gasteiger partial charge < -0.3 is 4.74 Å². The molecule has 0 spiro atoms. The quantitative estimate of drug-likeness (QED) is 0.699. The Kier molecular flexibility index (Phi) is 6.14. The summed E-state index contributed by atoms with van der Waals surface area (Å²) in [5.41, 5.74) is 3.07. The molecule has 1 aliphatic carbocycles. The monoisotopic (exact) mass is 314 g/mol. The van der Waals surface area contributed by atoms with Gasteiger partial charge in [0, 0.05) is 5.92 Å². The molecule has 0 heterocycles. The van der Waals surface area contributed by atoms with Crippen LogP contribution in [-0.2, 0) is 14.3 Å². The molecular weight excluding hydrogens is 288 g/mol. The fourth-order valence-corrected chi connectivity index (χ4v) is 3.57. The number of hydrogen-bond acceptors (Lipinski definition) is 3. The van der Waals surface area contributed by atoms with Crippen LogP contribution in [0.3, 0.4) is 0 Å². The Morgan fingerprint density at radius 1 is 1.17 bits per heavy atom. The maximum atomic E-state index is 13.0. The number of benzene rings is 1. The van der Waals surface area contributed by atoms with Gasteiger partial charge >= 0.3 is 5.97 Å². The normalized spacial score (nSPS) is 19.1. The molecule has 0 amide bonds. The number of Topliss-reactive ketones (excluding diaryl/α,β-unsaturated/α-hetero) is 1. The van der Waals surface area contributed by atoms with E-state index in [2.05, 4.69) is 13.8 Å². The number of rotatable bonds is 7. The molecule has 0 fully saturated rings. The Bertz CT molecular complexity index is 586. The van der Waals surface area contributed by atoms with Gasteiger partial charge in [-0.15, -0.1) is 0 Å². The fraction of sp³-hybridized carbons (Fsp3) is 0.500. The van der Waals surface area contributed by atoms with E-state index in [0.29, 0.717) is 6.42 Å². The first kappa shape index (κ1) is 17.5. The largest absolute Gasteiger partial charge is 0.469 e. The van der Waals surface area contributed by atoms with Gasteiger partial charge in [0.15, 0.2) is 5.78 Å². The van der Waals surface area contributed by atoms with Crippen LogP contribution in [0.4, 0.5) is 0 Å². The SMILES string of the molecule is CCCC1=C(CCC)C(=O)C(C(C(=O)OC)c2ccccc2)C1. The van der Waals surface area contributed by atoms with Gasteiger partial charge in [0.05, 0.1) is 13.0 Å². The number of esters is 1. The molecule has 0 saturated carbocycles. The van der Waals surface area contributed by atoms with Crippen molar-refractivity contribution in [1.29, 1.82) is 0 Å². The van der Waals surface area contributed by atoms with Crippen molar-refractivity contribution in [3.63, 3.8) is 0 Å². The average Bonchev–Trinajstić information content (AvgIpc) is 2.86. The maximum absolute atomic E-state index is 13.0. The molecule has 1 aromatic rings. The van der Waals surface area contributed by atoms with Gasteiger partial charge in [-0.3, -0.25) is 9.59 Å². The van der Waals surface area contributed by atoms with E-state index in [-0.39, 0.29) is 17.7 Å². The Morgan fingerprint density at radius 2 is 1.83 bits per heavy atom. The van der Waals surface area contributed by atoms with Gasteiger partial charge in [-0.1, -0.05) is 62.6 Å². The lowest BCUT2D eigenvalue weighted by Gasteiger charge is -2.21. The number of carbonyl (C=O) groups is 2. The molecule has 0 aromatic heterocycles. The molecular formula is C20H26O3. The predicted molar refractivity (Wildman–Crippen MR) is 91.2 cm³/mol. The van der Waals surface area contributed by atoms with Crippen LogP contribution >= 0.6 is 0 Å². The zero-order chi connectivity index (χ0) is 16.8. The van der Waals surface area contributed by atoms with Crippen molar-refractivity contribution in [1.82, 2.24) is 0 Å². The summed E-state index contributed by atoms with van der Waals surface area (Å²) < 4.78 is 5.01. The highest BCUT2D eigenvalue weighted by atomic mass is 16.5. The molecule has 23 heavy (non-hydrogen) atoms. The summed E-state index contributed by atoms with van der Waals surface area (Å²) in [5.74, 6) is -0.986. The van der Waals surface area contributed by atoms with Gasteiger partial charge in [0.1, 0.15) is 0 Å². The number of allylic oxidation sites excluding steroid dienone is 2. The van der Waals surface area contributed by atoms with Crippen molar-refractivity contribution in [3.8, 4) is 0 Å². The number of ether oxygens (including phenoxy) is 1. The zero-order valence-electron chi connectivity index (χ0n) is 14.3. The predicted octanol–water partition coefficient (Wildman–Crippen LogP) is 4.43. The van der Waals surface area contributed by atoms with Crippen LogP contribution in [0.2, 0.25) is 0 Å². The fourth-order valence-electron chi connectivity index (χ4n) is 3.57. The second-order valence-electron chi connectivity index (χ2n) is 6.17. The Labute approximate surface area is 138 Å². The van der Waals surface area contributed by atoms with Crippen LogP contribution in [0.25, 0.3) is 0 Å². The molecule has 1 aliphatic rings. The molecule has 3 heteroatoms. The summed E-state index contributed by atoms with van der Waals surface area (Å²) >= 11 is 0. The van der Waals surface area contributed by atoms with Crippen LogP contribution in [0.5, 0.6) is 0 Å². The molecule has 0 bridgehead atoms. The van der Waals surface area contributed by atoms with E-state index in [0.717, 1.165) is 36.8 Å². The van der Waals surface area contributed by atoms with Crippen molar-refractivity contribution in [3.05, 3.63) is 47.0 Å². The summed E-state index contributed by atoms with van der Waals surface area (Å²) in [6.45, 7) is 4.22. The third-order valence-electron chi connectivity index (χ3n) is 4.60. The highest BCUT2D eigenvalue weighted by Gasteiger charge is 2.41. The standard InChI is InChI=1S/C20H26O3/c1-4-9-15-13-17(19(21)16(15)10-5-2)18(20(22)23-3)14-11-7-6-8-12-14/h6-8,11-12,17-18H,4-5,9-10,13H2,1-3H3. The van der Waals surface area contributed by atoms with Gasteiger partial charge in [-0.05, 0) is 30.4 Å². The smallest absolute Gasteiger partial charge is 0.313 e. The summed E-state index contributed by atoms with van der Waals surface area (Å²) in [5, 5.41) is 0. The van der Waals surface area contributed by atoms with E-state index in [4.69, 9.17) is 4.74 Å². The molecule has 2 unspecified atom stereocenters. The topological polar surface area (TPSA) is 43.4 Å². The lowest BCUT2D eigenvalue weighted by Crippen LogP contribution is -2.27. The van der Waals surface area contributed by atoms with Crippen molar-refractivity contribution in [2.75, 3.05) is 7.11 Å².